The highest BCUT2D eigenvalue weighted by Crippen LogP contribution is 2.37. The number of hydrogen-bond acceptors (Lipinski definition) is 3. The molecule has 0 saturated heterocycles. The van der Waals surface area contributed by atoms with Gasteiger partial charge in [-0.3, -0.25) is 4.79 Å². The van der Waals surface area contributed by atoms with Crippen LogP contribution < -0.4 is 5.32 Å². The molecule has 116 valence electrons. The molecule has 0 bridgehead atoms. The van der Waals surface area contributed by atoms with Gasteiger partial charge >= 0.3 is 0 Å². The molecule has 1 amide bonds. The summed E-state index contributed by atoms with van der Waals surface area (Å²) in [4.78, 5) is 12.6. The summed E-state index contributed by atoms with van der Waals surface area (Å²) < 4.78 is 2.73. The minimum absolute atomic E-state index is 0.113. The first-order valence-corrected chi connectivity index (χ1v) is 9.07. The lowest BCUT2D eigenvalue weighted by Crippen LogP contribution is -2.27. The van der Waals surface area contributed by atoms with Crippen LogP contribution in [-0.4, -0.2) is 15.7 Å². The van der Waals surface area contributed by atoms with Crippen LogP contribution in [0.4, 0.5) is 5.82 Å². The summed E-state index contributed by atoms with van der Waals surface area (Å²) in [6, 6.07) is 7.44. The van der Waals surface area contributed by atoms with Gasteiger partial charge in [0.1, 0.15) is 5.82 Å². The molecule has 4 nitrogen and oxygen atoms in total. The number of rotatable bonds is 2. The van der Waals surface area contributed by atoms with Crippen molar-refractivity contribution < 1.29 is 4.79 Å². The quantitative estimate of drug-likeness (QED) is 0.840. The van der Waals surface area contributed by atoms with Crippen LogP contribution in [0.5, 0.6) is 0 Å². The molecule has 22 heavy (non-hydrogen) atoms. The minimum atomic E-state index is -0.175. The molecule has 0 spiro atoms. The normalized spacial score (nSPS) is 14.0. The Balaban J connectivity index is 1.99. The number of aromatic nitrogens is 2. The SMILES string of the molecule is CC(C)(C)n1nc2c(c1NC(=O)c1ccccc1Br)CSC2. The maximum atomic E-state index is 12.6. The highest BCUT2D eigenvalue weighted by molar-refractivity contribution is 9.10. The molecule has 0 fully saturated rings. The molecule has 2 heterocycles. The maximum absolute atomic E-state index is 12.6. The number of halogens is 1. The lowest BCUT2D eigenvalue weighted by molar-refractivity contribution is 0.102. The number of nitrogens with zero attached hydrogens (tertiary/aromatic N) is 2. The maximum Gasteiger partial charge on any atom is 0.257 e. The molecule has 0 saturated carbocycles. The molecule has 1 aromatic carbocycles. The summed E-state index contributed by atoms with van der Waals surface area (Å²) in [7, 11) is 0. The van der Waals surface area contributed by atoms with E-state index in [4.69, 9.17) is 5.10 Å². The second-order valence-electron chi connectivity index (χ2n) is 6.28. The van der Waals surface area contributed by atoms with Crippen LogP contribution in [0, 0.1) is 0 Å². The second kappa shape index (κ2) is 5.74. The average Bonchev–Trinajstić information content (AvgIpc) is 3.01. The third kappa shape index (κ3) is 2.82. The van der Waals surface area contributed by atoms with Crippen molar-refractivity contribution in [3.63, 3.8) is 0 Å². The van der Waals surface area contributed by atoms with Crippen molar-refractivity contribution in [2.75, 3.05) is 5.32 Å². The lowest BCUT2D eigenvalue weighted by Gasteiger charge is -2.23. The van der Waals surface area contributed by atoms with Crippen molar-refractivity contribution in [2.24, 2.45) is 0 Å². The van der Waals surface area contributed by atoms with E-state index in [2.05, 4.69) is 42.0 Å². The van der Waals surface area contributed by atoms with Crippen LogP contribution in [0.1, 0.15) is 42.4 Å². The van der Waals surface area contributed by atoms with Crippen molar-refractivity contribution in [1.82, 2.24) is 9.78 Å². The van der Waals surface area contributed by atoms with Gasteiger partial charge in [-0.25, -0.2) is 4.68 Å². The third-order valence-electron chi connectivity index (χ3n) is 3.54. The first-order chi connectivity index (χ1) is 10.4. The Labute approximate surface area is 142 Å². The molecule has 2 aromatic rings. The number of anilines is 1. The van der Waals surface area contributed by atoms with Crippen LogP contribution in [0.25, 0.3) is 0 Å². The van der Waals surface area contributed by atoms with Crippen LogP contribution in [0.2, 0.25) is 0 Å². The van der Waals surface area contributed by atoms with E-state index in [1.165, 1.54) is 0 Å². The van der Waals surface area contributed by atoms with Gasteiger partial charge in [-0.15, -0.1) is 0 Å². The second-order valence-corrected chi connectivity index (χ2v) is 8.12. The summed E-state index contributed by atoms with van der Waals surface area (Å²) in [5.41, 5.74) is 2.69. The van der Waals surface area contributed by atoms with Gasteiger partial charge in [0.25, 0.3) is 5.91 Å². The van der Waals surface area contributed by atoms with Gasteiger partial charge in [0, 0.05) is 21.5 Å². The Bertz CT molecular complexity index is 733. The Morgan fingerprint density at radius 1 is 1.32 bits per heavy atom. The Kier molecular flexibility index (Phi) is 4.07. The van der Waals surface area contributed by atoms with E-state index in [1.807, 2.05) is 40.7 Å². The number of carbonyl (C=O) groups is 1. The molecule has 1 aliphatic heterocycles. The predicted octanol–water partition coefficient (Wildman–Crippen LogP) is 4.40. The molecule has 0 unspecified atom stereocenters. The predicted molar refractivity (Wildman–Crippen MR) is 94.3 cm³/mol. The van der Waals surface area contributed by atoms with Crippen molar-refractivity contribution >= 4 is 39.4 Å². The van der Waals surface area contributed by atoms with Gasteiger partial charge in [-0.2, -0.15) is 16.9 Å². The van der Waals surface area contributed by atoms with E-state index in [-0.39, 0.29) is 11.4 Å². The molecule has 0 atom stereocenters. The zero-order valence-electron chi connectivity index (χ0n) is 12.8. The Hall–Kier alpha value is -1.27. The van der Waals surface area contributed by atoms with Gasteiger partial charge in [-0.05, 0) is 48.8 Å². The van der Waals surface area contributed by atoms with Crippen molar-refractivity contribution in [2.45, 2.75) is 37.8 Å². The number of benzene rings is 1. The highest BCUT2D eigenvalue weighted by Gasteiger charge is 2.29. The first kappa shape index (κ1) is 15.6. The molecule has 3 rings (SSSR count). The topological polar surface area (TPSA) is 46.9 Å². The highest BCUT2D eigenvalue weighted by atomic mass is 79.9. The van der Waals surface area contributed by atoms with E-state index < -0.39 is 0 Å². The summed E-state index contributed by atoms with van der Waals surface area (Å²) in [6.45, 7) is 6.28. The molecule has 1 N–H and O–H groups in total. The molecular formula is C16H18BrN3OS. The van der Waals surface area contributed by atoms with Crippen LogP contribution in [0.3, 0.4) is 0 Å². The number of thioether (sulfide) groups is 1. The summed E-state index contributed by atoms with van der Waals surface area (Å²) >= 11 is 5.27. The van der Waals surface area contributed by atoms with Gasteiger partial charge in [0.2, 0.25) is 0 Å². The van der Waals surface area contributed by atoms with E-state index >= 15 is 0 Å². The smallest absolute Gasteiger partial charge is 0.257 e. The zero-order valence-corrected chi connectivity index (χ0v) is 15.2. The molecule has 6 heteroatoms. The number of fused-ring (bicyclic) bond motifs is 1. The van der Waals surface area contributed by atoms with E-state index in [0.29, 0.717) is 5.56 Å². The van der Waals surface area contributed by atoms with Crippen LogP contribution in [-0.2, 0) is 17.0 Å². The van der Waals surface area contributed by atoms with E-state index in [0.717, 1.165) is 33.1 Å². The summed E-state index contributed by atoms with van der Waals surface area (Å²) in [6.07, 6.45) is 0. The first-order valence-electron chi connectivity index (χ1n) is 7.13. The number of hydrogen-bond donors (Lipinski definition) is 1. The van der Waals surface area contributed by atoms with E-state index in [9.17, 15) is 4.79 Å². The Morgan fingerprint density at radius 3 is 2.73 bits per heavy atom. The molecule has 1 aromatic heterocycles. The zero-order chi connectivity index (χ0) is 15.9. The lowest BCUT2D eigenvalue weighted by atomic mass is 10.1. The standard InChI is InChI=1S/C16H18BrN3OS/c1-16(2,3)20-14(11-8-22-9-13(11)19-20)18-15(21)10-6-4-5-7-12(10)17/h4-7H,8-9H2,1-3H3,(H,18,21). The average molecular weight is 380 g/mol. The van der Waals surface area contributed by atoms with E-state index in [1.54, 1.807) is 0 Å². The Morgan fingerprint density at radius 2 is 2.05 bits per heavy atom. The molecule has 1 aliphatic rings. The third-order valence-corrected chi connectivity index (χ3v) is 5.20. The number of carbonyl (C=O) groups excluding carboxylic acids is 1. The largest absolute Gasteiger partial charge is 0.306 e. The van der Waals surface area contributed by atoms with Crippen LogP contribution in [0.15, 0.2) is 28.7 Å². The fraction of sp³-hybridized carbons (Fsp3) is 0.375. The van der Waals surface area contributed by atoms with Gasteiger partial charge in [0.05, 0.1) is 16.8 Å². The summed E-state index contributed by atoms with van der Waals surface area (Å²) in [5.74, 6) is 2.53. The fourth-order valence-corrected chi connectivity index (χ4v) is 3.95. The van der Waals surface area contributed by atoms with Crippen molar-refractivity contribution in [1.29, 1.82) is 0 Å². The van der Waals surface area contributed by atoms with Gasteiger partial charge < -0.3 is 5.32 Å². The number of amides is 1. The monoisotopic (exact) mass is 379 g/mol. The summed E-state index contributed by atoms with van der Waals surface area (Å²) in [5, 5.41) is 7.77. The molecule has 0 radical (unpaired) electrons. The number of nitrogens with one attached hydrogen (secondary N) is 1. The van der Waals surface area contributed by atoms with Gasteiger partial charge in [0.15, 0.2) is 0 Å². The minimum Gasteiger partial charge on any atom is -0.306 e. The fourth-order valence-electron chi connectivity index (χ4n) is 2.45. The molecule has 0 aliphatic carbocycles. The molecular weight excluding hydrogens is 362 g/mol. The van der Waals surface area contributed by atoms with Gasteiger partial charge in [-0.1, -0.05) is 12.1 Å². The van der Waals surface area contributed by atoms with Crippen molar-refractivity contribution in [3.05, 3.63) is 45.6 Å². The van der Waals surface area contributed by atoms with Crippen LogP contribution >= 0.6 is 27.7 Å². The van der Waals surface area contributed by atoms with Crippen molar-refractivity contribution in [3.8, 4) is 0 Å².